The lowest BCUT2D eigenvalue weighted by atomic mass is 10.1. The molecule has 0 radical (unpaired) electrons. The number of rotatable bonds is 3. The van der Waals surface area contributed by atoms with Crippen LogP contribution in [0.1, 0.15) is 32.7 Å². The zero-order chi connectivity index (χ0) is 17.3. The molecule has 9 heteroatoms. The summed E-state index contributed by atoms with van der Waals surface area (Å²) in [5, 5.41) is 9.69. The summed E-state index contributed by atoms with van der Waals surface area (Å²) >= 11 is 0. The van der Waals surface area contributed by atoms with Gasteiger partial charge in [-0.3, -0.25) is 4.48 Å². The van der Waals surface area contributed by atoms with Gasteiger partial charge in [0, 0.05) is 0 Å². The van der Waals surface area contributed by atoms with Gasteiger partial charge in [0.05, 0.1) is 20.1 Å². The minimum atomic E-state index is -0.711. The van der Waals surface area contributed by atoms with Crippen LogP contribution in [-0.4, -0.2) is 67.2 Å². The monoisotopic (exact) mass is 331 g/mol. The number of nitrogens with zero attached hydrogens (tertiary/aromatic N) is 8. The van der Waals surface area contributed by atoms with Crippen molar-refractivity contribution >= 4 is 11.9 Å². The molecule has 0 bridgehead atoms. The van der Waals surface area contributed by atoms with Crippen LogP contribution in [0, 0.1) is 0 Å². The van der Waals surface area contributed by atoms with Gasteiger partial charge in [0.25, 0.3) is 0 Å². The molecular formula is C15H23N8O+. The highest BCUT2D eigenvalue weighted by molar-refractivity contribution is 5.37. The molecule has 3 heterocycles. The highest BCUT2D eigenvalue weighted by Gasteiger charge is 2.46. The highest BCUT2D eigenvalue weighted by Crippen LogP contribution is 2.29. The van der Waals surface area contributed by atoms with Crippen LogP contribution >= 0.6 is 0 Å². The van der Waals surface area contributed by atoms with Crippen molar-refractivity contribution in [1.29, 1.82) is 0 Å². The second kappa shape index (κ2) is 6.33. The normalized spacial score (nSPS) is 28.6. The van der Waals surface area contributed by atoms with E-state index in [1.54, 1.807) is 19.6 Å². The van der Waals surface area contributed by atoms with Crippen molar-refractivity contribution in [3.8, 4) is 0 Å². The molecule has 2 aromatic heterocycles. The minimum absolute atomic E-state index is 0.239. The van der Waals surface area contributed by atoms with E-state index in [2.05, 4.69) is 55.7 Å². The predicted octanol–water partition coefficient (Wildman–Crippen LogP) is 0.344. The molecule has 1 unspecified atom stereocenters. The average molecular weight is 331 g/mol. The van der Waals surface area contributed by atoms with Gasteiger partial charge in [-0.05, 0) is 20.8 Å². The second-order valence-corrected chi connectivity index (χ2v) is 6.51. The fourth-order valence-electron chi connectivity index (χ4n) is 3.18. The fourth-order valence-corrected chi connectivity index (χ4v) is 3.18. The van der Waals surface area contributed by atoms with E-state index in [9.17, 15) is 5.11 Å². The van der Waals surface area contributed by atoms with E-state index >= 15 is 0 Å². The fraction of sp³-hybridized carbons (Fsp3) is 0.600. The Labute approximate surface area is 141 Å². The van der Waals surface area contributed by atoms with Gasteiger partial charge in [0.1, 0.15) is 37.2 Å². The number of aliphatic hydroxyl groups excluding tert-OH is 1. The molecule has 0 amide bonds. The van der Waals surface area contributed by atoms with Crippen molar-refractivity contribution in [2.75, 3.05) is 25.0 Å². The summed E-state index contributed by atoms with van der Waals surface area (Å²) in [5.41, 5.74) is 0. The molecule has 2 aromatic rings. The third-order valence-electron chi connectivity index (χ3n) is 4.95. The molecule has 0 aromatic carbocycles. The number of piperazine rings is 1. The van der Waals surface area contributed by atoms with E-state index in [1.165, 1.54) is 6.33 Å². The Bertz CT molecular complexity index is 683. The van der Waals surface area contributed by atoms with E-state index in [4.69, 9.17) is 0 Å². The maximum Gasteiger partial charge on any atom is 0.332 e. The molecule has 0 spiro atoms. The van der Waals surface area contributed by atoms with Gasteiger partial charge in [0.15, 0.2) is 5.82 Å². The molecule has 24 heavy (non-hydrogen) atoms. The summed E-state index contributed by atoms with van der Waals surface area (Å²) in [6.45, 7) is 7.51. The summed E-state index contributed by atoms with van der Waals surface area (Å²) in [4.78, 5) is 27.5. The van der Waals surface area contributed by atoms with Gasteiger partial charge in [0.2, 0.25) is 5.95 Å². The van der Waals surface area contributed by atoms with Gasteiger partial charge in [-0.15, -0.1) is 0 Å². The van der Waals surface area contributed by atoms with Crippen LogP contribution in [0.2, 0.25) is 0 Å². The molecular weight excluding hydrogens is 308 g/mol. The minimum Gasteiger partial charge on any atom is -0.385 e. The Balaban J connectivity index is 1.87. The largest absolute Gasteiger partial charge is 0.385 e. The third-order valence-corrected chi connectivity index (χ3v) is 4.95. The maximum atomic E-state index is 9.69. The number of anilines is 1. The van der Waals surface area contributed by atoms with Crippen LogP contribution in [0.3, 0.4) is 0 Å². The zero-order valence-electron chi connectivity index (χ0n) is 14.4. The van der Waals surface area contributed by atoms with Crippen molar-refractivity contribution in [2.24, 2.45) is 0 Å². The number of aromatic nitrogens is 6. The van der Waals surface area contributed by atoms with E-state index < -0.39 is 6.10 Å². The summed E-state index contributed by atoms with van der Waals surface area (Å²) in [7, 11) is 2.15. The number of hydrogen-bond donors (Lipinski definition) is 1. The molecule has 3 rings (SSSR count). The first-order valence-corrected chi connectivity index (χ1v) is 8.03. The smallest absolute Gasteiger partial charge is 0.332 e. The van der Waals surface area contributed by atoms with E-state index in [-0.39, 0.29) is 12.1 Å². The summed E-state index contributed by atoms with van der Waals surface area (Å²) in [6, 6.07) is 0.478. The van der Waals surface area contributed by atoms with Gasteiger partial charge in [-0.1, -0.05) is 0 Å². The zero-order valence-corrected chi connectivity index (χ0v) is 14.4. The molecule has 1 aliphatic heterocycles. The van der Waals surface area contributed by atoms with Crippen LogP contribution in [0.15, 0.2) is 19.0 Å². The average Bonchev–Trinajstić information content (AvgIpc) is 2.60. The van der Waals surface area contributed by atoms with Crippen LogP contribution in [0.5, 0.6) is 0 Å². The molecule has 9 nitrogen and oxygen atoms in total. The van der Waals surface area contributed by atoms with E-state index in [1.807, 2.05) is 0 Å². The third kappa shape index (κ3) is 2.80. The van der Waals surface area contributed by atoms with E-state index in [0.29, 0.717) is 16.3 Å². The van der Waals surface area contributed by atoms with Gasteiger partial charge in [-0.25, -0.2) is 15.0 Å². The quantitative estimate of drug-likeness (QED) is 0.804. The van der Waals surface area contributed by atoms with Crippen LogP contribution in [0.4, 0.5) is 11.9 Å². The van der Waals surface area contributed by atoms with Crippen LogP contribution in [0.25, 0.3) is 0 Å². The first-order chi connectivity index (χ1) is 11.4. The molecule has 1 saturated heterocycles. The SMILES string of the molecule is C[C@@H]1CN(c2ncnc([C@@H](C)O)n2)C[C@H](C)[N+]1(C)c1ncncn1. The summed E-state index contributed by atoms with van der Waals surface area (Å²) in [5.74, 6) is 1.76. The van der Waals surface area contributed by atoms with Crippen molar-refractivity contribution in [3.05, 3.63) is 24.8 Å². The van der Waals surface area contributed by atoms with Gasteiger partial charge >= 0.3 is 5.95 Å². The van der Waals surface area contributed by atoms with Crippen molar-refractivity contribution in [3.63, 3.8) is 0 Å². The molecule has 0 saturated carbocycles. The lowest BCUT2D eigenvalue weighted by Gasteiger charge is -2.48. The van der Waals surface area contributed by atoms with Crippen molar-refractivity contribution in [1.82, 2.24) is 34.4 Å². The van der Waals surface area contributed by atoms with Crippen molar-refractivity contribution < 1.29 is 5.11 Å². The van der Waals surface area contributed by atoms with Crippen LogP contribution < -0.4 is 9.38 Å². The maximum absolute atomic E-state index is 9.69. The number of quaternary nitrogens is 1. The second-order valence-electron chi connectivity index (χ2n) is 6.51. The molecule has 0 aliphatic carbocycles. The van der Waals surface area contributed by atoms with Crippen molar-refractivity contribution in [2.45, 2.75) is 39.0 Å². The Hall–Kier alpha value is -2.26. The Morgan fingerprint density at radius 3 is 2.29 bits per heavy atom. The summed E-state index contributed by atoms with van der Waals surface area (Å²) < 4.78 is 0.632. The van der Waals surface area contributed by atoms with Crippen LogP contribution in [-0.2, 0) is 0 Å². The Morgan fingerprint density at radius 2 is 1.71 bits per heavy atom. The number of aliphatic hydroxyl groups is 1. The van der Waals surface area contributed by atoms with Gasteiger partial charge in [-0.2, -0.15) is 15.0 Å². The standard InChI is InChI=1S/C15H23N8O/c1-10-5-22(14-18-9-17-13(21-14)12(3)24)6-11(2)23(10,4)15-19-7-16-8-20-15/h7-12,24H,5-6H2,1-4H3/q+1/t10-,11+,12-,23?/m1/s1. The Morgan fingerprint density at radius 1 is 1.08 bits per heavy atom. The Kier molecular flexibility index (Phi) is 4.37. The lowest BCUT2D eigenvalue weighted by Crippen LogP contribution is -2.69. The molecule has 1 aliphatic rings. The molecule has 1 fully saturated rings. The topological polar surface area (TPSA) is 101 Å². The number of hydrogen-bond acceptors (Lipinski definition) is 8. The van der Waals surface area contributed by atoms with Gasteiger partial charge < -0.3 is 10.0 Å². The summed E-state index contributed by atoms with van der Waals surface area (Å²) in [6.07, 6.45) is 3.82. The predicted molar refractivity (Wildman–Crippen MR) is 89.1 cm³/mol. The molecule has 128 valence electrons. The highest BCUT2D eigenvalue weighted by atomic mass is 16.3. The molecule has 4 atom stereocenters. The first kappa shape index (κ1) is 16.6. The lowest BCUT2D eigenvalue weighted by molar-refractivity contribution is 0.160. The van der Waals surface area contributed by atoms with E-state index in [0.717, 1.165) is 19.0 Å². The first-order valence-electron chi connectivity index (χ1n) is 8.03. The molecule has 1 N–H and O–H groups in total. The number of likely N-dealkylation sites (N-methyl/N-ethyl adjacent to an activating group) is 1.